The van der Waals surface area contributed by atoms with Crippen LogP contribution in [0.3, 0.4) is 0 Å². The van der Waals surface area contributed by atoms with Crippen LogP contribution in [0.4, 0.5) is 15.8 Å². The number of pyridine rings is 2. The van der Waals surface area contributed by atoms with Gasteiger partial charge >= 0.3 is 0 Å². The molecule has 0 spiro atoms. The number of nitrogen functional groups attached to an aromatic ring is 1. The van der Waals surface area contributed by atoms with Gasteiger partial charge in [0, 0.05) is 19.4 Å². The summed E-state index contributed by atoms with van der Waals surface area (Å²) >= 11 is 0. The maximum absolute atomic E-state index is 13.1. The van der Waals surface area contributed by atoms with Gasteiger partial charge in [-0.2, -0.15) is 0 Å². The molecule has 0 fully saturated rings. The van der Waals surface area contributed by atoms with Crippen molar-refractivity contribution in [1.29, 1.82) is 0 Å². The molecule has 0 saturated heterocycles. The van der Waals surface area contributed by atoms with E-state index in [9.17, 15) is 12.8 Å². The maximum atomic E-state index is 13.1. The molecule has 8 heteroatoms. The number of nitrogens with two attached hydrogens (primary N) is 1. The van der Waals surface area contributed by atoms with E-state index < -0.39 is 15.8 Å². The molecule has 19 heavy (non-hydrogen) atoms. The van der Waals surface area contributed by atoms with Gasteiger partial charge in [-0.15, -0.1) is 0 Å². The van der Waals surface area contributed by atoms with Crippen LogP contribution in [0.1, 0.15) is 0 Å². The van der Waals surface area contributed by atoms with Gasteiger partial charge in [-0.25, -0.2) is 12.8 Å². The number of hydrogen-bond acceptors (Lipinski definition) is 5. The molecule has 0 atom stereocenters. The van der Waals surface area contributed by atoms with Crippen LogP contribution in [0.25, 0.3) is 0 Å². The molecule has 0 aliphatic carbocycles. The van der Waals surface area contributed by atoms with Crippen LogP contribution in [0, 0.1) is 5.82 Å². The lowest BCUT2D eigenvalue weighted by molar-refractivity contribution is 0.587. The van der Waals surface area contributed by atoms with Gasteiger partial charge < -0.3 is 5.73 Å². The summed E-state index contributed by atoms with van der Waals surface area (Å²) in [7, 11) is -2.59. The number of anilines is 2. The van der Waals surface area contributed by atoms with E-state index in [0.29, 0.717) is 0 Å². The average molecular weight is 282 g/mol. The summed E-state index contributed by atoms with van der Waals surface area (Å²) in [6, 6.07) is 2.36. The molecule has 2 rings (SSSR count). The number of halogens is 1. The van der Waals surface area contributed by atoms with Gasteiger partial charge in [0.05, 0.1) is 23.8 Å². The lowest BCUT2D eigenvalue weighted by Crippen LogP contribution is -2.27. The average Bonchev–Trinajstić information content (AvgIpc) is 2.38. The zero-order valence-corrected chi connectivity index (χ0v) is 10.8. The van der Waals surface area contributed by atoms with Gasteiger partial charge in [-0.3, -0.25) is 14.3 Å². The predicted octanol–water partition coefficient (Wildman–Crippen LogP) is 1.02. The van der Waals surface area contributed by atoms with Crippen molar-refractivity contribution in [2.45, 2.75) is 4.90 Å². The topological polar surface area (TPSA) is 89.2 Å². The van der Waals surface area contributed by atoms with Crippen LogP contribution in [0.15, 0.2) is 41.8 Å². The molecule has 0 aliphatic heterocycles. The number of hydrogen-bond donors (Lipinski definition) is 1. The Bertz CT molecular complexity index is 705. The third kappa shape index (κ3) is 2.48. The molecular formula is C11H11FN4O2S. The number of aromatic nitrogens is 2. The molecule has 0 radical (unpaired) electrons. The highest BCUT2D eigenvalue weighted by Crippen LogP contribution is 2.26. The van der Waals surface area contributed by atoms with E-state index in [2.05, 4.69) is 9.97 Å². The van der Waals surface area contributed by atoms with Crippen LogP contribution < -0.4 is 10.0 Å². The molecule has 0 aliphatic rings. The number of sulfonamides is 1. The Hall–Kier alpha value is -2.22. The van der Waals surface area contributed by atoms with E-state index in [1.165, 1.54) is 25.5 Å². The van der Waals surface area contributed by atoms with E-state index in [1.54, 1.807) is 0 Å². The first-order valence-electron chi connectivity index (χ1n) is 5.22. The number of nitrogens with zero attached hydrogens (tertiary/aromatic N) is 3. The Labute approximate surface area is 109 Å². The molecule has 2 N–H and O–H groups in total. The maximum Gasteiger partial charge on any atom is 0.265 e. The van der Waals surface area contributed by atoms with Crippen molar-refractivity contribution >= 4 is 21.4 Å². The fourth-order valence-corrected chi connectivity index (χ4v) is 2.70. The third-order valence-electron chi connectivity index (χ3n) is 2.51. The zero-order valence-electron chi connectivity index (χ0n) is 9.99. The second-order valence-electron chi connectivity index (χ2n) is 3.75. The second-order valence-corrected chi connectivity index (χ2v) is 5.72. The second kappa shape index (κ2) is 4.81. The van der Waals surface area contributed by atoms with E-state index in [4.69, 9.17) is 5.73 Å². The minimum Gasteiger partial charge on any atom is -0.396 e. The van der Waals surface area contributed by atoms with Crippen molar-refractivity contribution in [2.24, 2.45) is 0 Å². The monoisotopic (exact) mass is 282 g/mol. The molecule has 0 aromatic carbocycles. The normalized spacial score (nSPS) is 11.3. The molecule has 0 saturated carbocycles. The van der Waals surface area contributed by atoms with Crippen LogP contribution >= 0.6 is 0 Å². The van der Waals surface area contributed by atoms with Gasteiger partial charge in [-0.05, 0) is 12.1 Å². The largest absolute Gasteiger partial charge is 0.396 e. The lowest BCUT2D eigenvalue weighted by Gasteiger charge is -2.20. The Morgan fingerprint density at radius 1 is 1.26 bits per heavy atom. The summed E-state index contributed by atoms with van der Waals surface area (Å²) in [5.41, 5.74) is 6.14. The smallest absolute Gasteiger partial charge is 0.265 e. The Kier molecular flexibility index (Phi) is 3.34. The summed E-state index contributed by atoms with van der Waals surface area (Å²) in [5.74, 6) is -0.725. The predicted molar refractivity (Wildman–Crippen MR) is 68.4 cm³/mol. The van der Waals surface area contributed by atoms with E-state index in [1.807, 2.05) is 0 Å². The Balaban J connectivity index is 2.49. The minimum atomic E-state index is -3.91. The van der Waals surface area contributed by atoms with Crippen molar-refractivity contribution in [2.75, 3.05) is 17.1 Å². The van der Waals surface area contributed by atoms with E-state index >= 15 is 0 Å². The molecule has 2 aromatic rings. The van der Waals surface area contributed by atoms with Crippen molar-refractivity contribution in [3.8, 4) is 0 Å². The Morgan fingerprint density at radius 2 is 2.00 bits per heavy atom. The molecular weight excluding hydrogens is 271 g/mol. The van der Waals surface area contributed by atoms with Crippen LogP contribution in [-0.4, -0.2) is 25.4 Å². The standard InChI is InChI=1S/C11H11FN4O2S/c1-16(11-2-3-14-7-10(11)13)19(17,18)9-4-8(12)5-15-6-9/h2-7H,13H2,1H3. The first kappa shape index (κ1) is 13.2. The van der Waals surface area contributed by atoms with E-state index in [-0.39, 0.29) is 16.3 Å². The highest BCUT2D eigenvalue weighted by molar-refractivity contribution is 7.92. The summed E-state index contributed by atoms with van der Waals surface area (Å²) < 4.78 is 38.6. The fraction of sp³-hybridized carbons (Fsp3) is 0.0909. The zero-order chi connectivity index (χ0) is 14.0. The van der Waals surface area contributed by atoms with Crippen molar-refractivity contribution in [3.63, 3.8) is 0 Å². The first-order valence-corrected chi connectivity index (χ1v) is 6.66. The van der Waals surface area contributed by atoms with Crippen molar-refractivity contribution in [3.05, 3.63) is 42.7 Å². The van der Waals surface area contributed by atoms with Crippen LogP contribution in [0.5, 0.6) is 0 Å². The first-order chi connectivity index (χ1) is 8.93. The molecule has 100 valence electrons. The quantitative estimate of drug-likeness (QED) is 0.908. The summed E-state index contributed by atoms with van der Waals surface area (Å²) in [6.45, 7) is 0. The fourth-order valence-electron chi connectivity index (χ4n) is 1.51. The van der Waals surface area contributed by atoms with Gasteiger partial charge in [0.25, 0.3) is 10.0 Å². The number of rotatable bonds is 3. The highest BCUT2D eigenvalue weighted by atomic mass is 32.2. The van der Waals surface area contributed by atoms with Gasteiger partial charge in [-0.1, -0.05) is 0 Å². The van der Waals surface area contributed by atoms with Crippen molar-refractivity contribution in [1.82, 2.24) is 9.97 Å². The summed E-state index contributed by atoms with van der Waals surface area (Å²) in [4.78, 5) is 7.06. The third-order valence-corrected chi connectivity index (χ3v) is 4.24. The van der Waals surface area contributed by atoms with Gasteiger partial charge in [0.1, 0.15) is 10.7 Å². The SMILES string of the molecule is CN(c1ccncc1N)S(=O)(=O)c1cncc(F)c1. The molecule has 0 unspecified atom stereocenters. The minimum absolute atomic E-state index is 0.206. The van der Waals surface area contributed by atoms with E-state index in [0.717, 1.165) is 22.8 Å². The molecule has 2 heterocycles. The Morgan fingerprint density at radius 3 is 2.63 bits per heavy atom. The highest BCUT2D eigenvalue weighted by Gasteiger charge is 2.23. The molecule has 0 bridgehead atoms. The van der Waals surface area contributed by atoms with Crippen LogP contribution in [-0.2, 0) is 10.0 Å². The van der Waals surface area contributed by atoms with Crippen LogP contribution in [0.2, 0.25) is 0 Å². The molecule has 0 amide bonds. The summed E-state index contributed by atoms with van der Waals surface area (Å²) in [5, 5.41) is 0. The van der Waals surface area contributed by atoms with Gasteiger partial charge in [0.2, 0.25) is 0 Å². The van der Waals surface area contributed by atoms with Crippen molar-refractivity contribution < 1.29 is 12.8 Å². The lowest BCUT2D eigenvalue weighted by atomic mass is 10.3. The molecule has 6 nitrogen and oxygen atoms in total. The summed E-state index contributed by atoms with van der Waals surface area (Å²) in [6.07, 6.45) is 4.76. The van der Waals surface area contributed by atoms with Gasteiger partial charge in [0.15, 0.2) is 0 Å². The molecule has 2 aromatic heterocycles.